The normalized spacial score (nSPS) is 20.9. The van der Waals surface area contributed by atoms with Gasteiger partial charge in [0.05, 0.1) is 22.2 Å². The average Bonchev–Trinajstić information content (AvgIpc) is 2.84. The van der Waals surface area contributed by atoms with Crippen LogP contribution in [-0.4, -0.2) is 12.7 Å². The second-order valence-electron chi connectivity index (χ2n) is 5.62. The highest BCUT2D eigenvalue weighted by Gasteiger charge is 2.44. The summed E-state index contributed by atoms with van der Waals surface area (Å²) in [6.07, 6.45) is 1.80. The Balaban J connectivity index is 2.01. The monoisotopic (exact) mass is 335 g/mol. The molecule has 2 aliphatic rings. The molecule has 2 heterocycles. The molecule has 0 spiro atoms. The van der Waals surface area contributed by atoms with Gasteiger partial charge in [-0.05, 0) is 17.7 Å². The number of nitrogens with zero attached hydrogens (tertiary/aromatic N) is 2. The molecule has 6 heteroatoms. The number of nitrogens with two attached hydrogens (primary N) is 1. The molecule has 0 radical (unpaired) electrons. The Bertz CT molecular complexity index is 1050. The molecule has 0 fully saturated rings. The third-order valence-electron chi connectivity index (χ3n) is 4.31. The van der Waals surface area contributed by atoms with E-state index in [-0.39, 0.29) is 22.2 Å². The van der Waals surface area contributed by atoms with Gasteiger partial charge < -0.3 is 5.73 Å². The molecule has 0 unspecified atom stereocenters. The first kappa shape index (κ1) is 14.5. The quantitative estimate of drug-likeness (QED) is 0.867. The summed E-state index contributed by atoms with van der Waals surface area (Å²) in [5, 5.41) is 9.56. The predicted octanol–water partition coefficient (Wildman–Crippen LogP) is 2.52. The first-order chi connectivity index (χ1) is 11.6. The third-order valence-corrected chi connectivity index (χ3v) is 6.10. The fourth-order valence-electron chi connectivity index (χ4n) is 3.22. The standard InChI is InChI=1S/C18H13N3O2S/c19-11-15-14(12-6-2-1-3-7-12)10-16-13-8-4-5-9-17(13)24(22,23)21(16)18(15)20/h1-10,14H,20H2/t14-/m1/s1. The summed E-state index contributed by atoms with van der Waals surface area (Å²) >= 11 is 0. The number of hydrogen-bond acceptors (Lipinski definition) is 4. The highest BCUT2D eigenvalue weighted by molar-refractivity contribution is 7.90. The zero-order chi connectivity index (χ0) is 16.9. The van der Waals surface area contributed by atoms with Crippen LogP contribution in [0.15, 0.2) is 77.0 Å². The van der Waals surface area contributed by atoms with Gasteiger partial charge in [-0.1, -0.05) is 48.5 Å². The summed E-state index contributed by atoms with van der Waals surface area (Å²) in [6.45, 7) is 0. The van der Waals surface area contributed by atoms with Crippen molar-refractivity contribution in [2.24, 2.45) is 5.73 Å². The Hall–Kier alpha value is -3.04. The Kier molecular flexibility index (Phi) is 3.02. The van der Waals surface area contributed by atoms with Crippen molar-refractivity contribution in [1.29, 1.82) is 5.26 Å². The van der Waals surface area contributed by atoms with Crippen LogP contribution in [0.1, 0.15) is 17.0 Å². The van der Waals surface area contributed by atoms with E-state index in [0.29, 0.717) is 11.3 Å². The second-order valence-corrected chi connectivity index (χ2v) is 7.37. The number of benzene rings is 2. The lowest BCUT2D eigenvalue weighted by atomic mass is 9.87. The molecule has 2 N–H and O–H groups in total. The van der Waals surface area contributed by atoms with E-state index >= 15 is 0 Å². The maximum Gasteiger partial charge on any atom is 0.270 e. The van der Waals surface area contributed by atoms with Gasteiger partial charge in [-0.3, -0.25) is 0 Å². The topological polar surface area (TPSA) is 87.2 Å². The Morgan fingerprint density at radius 1 is 1.04 bits per heavy atom. The van der Waals surface area contributed by atoms with E-state index in [9.17, 15) is 13.7 Å². The SMILES string of the molecule is N#CC1=C(N)N2C(=C[C@@H]1c1ccccc1)c1ccccc1S2(=O)=O. The summed E-state index contributed by atoms with van der Waals surface area (Å²) in [5.41, 5.74) is 8.37. The van der Waals surface area contributed by atoms with E-state index in [1.807, 2.05) is 30.3 Å². The lowest BCUT2D eigenvalue weighted by Gasteiger charge is -2.28. The van der Waals surface area contributed by atoms with Crippen molar-refractivity contribution in [2.45, 2.75) is 10.8 Å². The molecule has 1 atom stereocenters. The molecule has 0 amide bonds. The molecule has 0 saturated heterocycles. The van der Waals surface area contributed by atoms with E-state index in [1.165, 1.54) is 0 Å². The molecule has 0 aliphatic carbocycles. The maximum absolute atomic E-state index is 12.8. The van der Waals surface area contributed by atoms with Gasteiger partial charge in [-0.25, -0.2) is 12.7 Å². The Labute approximate surface area is 140 Å². The van der Waals surface area contributed by atoms with Gasteiger partial charge in [0, 0.05) is 11.5 Å². The fourth-order valence-corrected chi connectivity index (χ4v) is 4.89. The van der Waals surface area contributed by atoms with Crippen LogP contribution in [0.3, 0.4) is 0 Å². The van der Waals surface area contributed by atoms with Gasteiger partial charge in [-0.2, -0.15) is 5.26 Å². The van der Waals surface area contributed by atoms with Gasteiger partial charge in [0.1, 0.15) is 5.82 Å². The van der Waals surface area contributed by atoms with E-state index in [4.69, 9.17) is 5.73 Å². The average molecular weight is 335 g/mol. The lowest BCUT2D eigenvalue weighted by molar-refractivity contribution is 0.549. The van der Waals surface area contributed by atoms with Crippen LogP contribution in [0.4, 0.5) is 0 Å². The minimum absolute atomic E-state index is 0.0277. The lowest BCUT2D eigenvalue weighted by Crippen LogP contribution is -2.32. The number of allylic oxidation sites excluding steroid dienone is 2. The maximum atomic E-state index is 12.8. The zero-order valence-corrected chi connectivity index (χ0v) is 13.4. The number of nitriles is 1. The van der Waals surface area contributed by atoms with Crippen molar-refractivity contribution >= 4 is 15.7 Å². The van der Waals surface area contributed by atoms with Crippen LogP contribution in [0, 0.1) is 11.3 Å². The highest BCUT2D eigenvalue weighted by atomic mass is 32.2. The van der Waals surface area contributed by atoms with Gasteiger partial charge in [0.25, 0.3) is 10.0 Å². The molecule has 0 aromatic heterocycles. The molecular weight excluding hydrogens is 322 g/mol. The first-order valence-corrected chi connectivity index (χ1v) is 8.81. The molecule has 2 aromatic rings. The van der Waals surface area contributed by atoms with Crippen molar-refractivity contribution in [2.75, 3.05) is 0 Å². The van der Waals surface area contributed by atoms with Crippen molar-refractivity contribution in [3.63, 3.8) is 0 Å². The third kappa shape index (κ3) is 1.82. The molecule has 0 bridgehead atoms. The van der Waals surface area contributed by atoms with Gasteiger partial charge in [0.2, 0.25) is 0 Å². The number of fused-ring (bicyclic) bond motifs is 3. The Morgan fingerprint density at radius 3 is 2.42 bits per heavy atom. The molecule has 0 saturated carbocycles. The van der Waals surface area contributed by atoms with E-state index in [1.54, 1.807) is 30.3 Å². The molecule has 2 aliphatic heterocycles. The van der Waals surface area contributed by atoms with Crippen molar-refractivity contribution in [3.8, 4) is 6.07 Å². The van der Waals surface area contributed by atoms with E-state index in [2.05, 4.69) is 6.07 Å². The molecule has 118 valence electrons. The summed E-state index contributed by atoms with van der Waals surface area (Å²) in [7, 11) is -3.77. The van der Waals surface area contributed by atoms with Crippen LogP contribution in [0.5, 0.6) is 0 Å². The number of rotatable bonds is 1. The first-order valence-electron chi connectivity index (χ1n) is 7.37. The number of hydrogen-bond donors (Lipinski definition) is 1. The number of sulfonamides is 1. The van der Waals surface area contributed by atoms with Gasteiger partial charge in [0.15, 0.2) is 0 Å². The van der Waals surface area contributed by atoms with E-state index < -0.39 is 10.0 Å². The van der Waals surface area contributed by atoms with Crippen LogP contribution in [0.2, 0.25) is 0 Å². The largest absolute Gasteiger partial charge is 0.383 e. The van der Waals surface area contributed by atoms with Crippen molar-refractivity contribution < 1.29 is 8.42 Å². The van der Waals surface area contributed by atoms with Crippen molar-refractivity contribution in [1.82, 2.24) is 4.31 Å². The van der Waals surface area contributed by atoms with E-state index in [0.717, 1.165) is 9.87 Å². The van der Waals surface area contributed by atoms with Crippen LogP contribution < -0.4 is 5.73 Å². The molecule has 24 heavy (non-hydrogen) atoms. The summed E-state index contributed by atoms with van der Waals surface area (Å²) in [6, 6.07) is 18.3. The summed E-state index contributed by atoms with van der Waals surface area (Å²) < 4.78 is 26.7. The zero-order valence-electron chi connectivity index (χ0n) is 12.5. The minimum atomic E-state index is -3.77. The van der Waals surface area contributed by atoms with Crippen molar-refractivity contribution in [3.05, 3.63) is 83.2 Å². The smallest absolute Gasteiger partial charge is 0.270 e. The summed E-state index contributed by atoms with van der Waals surface area (Å²) in [4.78, 5) is 0.213. The molecule has 2 aromatic carbocycles. The molecular formula is C18H13N3O2S. The predicted molar refractivity (Wildman–Crippen MR) is 89.5 cm³/mol. The highest BCUT2D eigenvalue weighted by Crippen LogP contribution is 2.46. The Morgan fingerprint density at radius 2 is 1.71 bits per heavy atom. The van der Waals surface area contributed by atoms with Gasteiger partial charge in [-0.15, -0.1) is 0 Å². The fraction of sp³-hybridized carbons (Fsp3) is 0.0556. The second kappa shape index (κ2) is 4.98. The molecule has 4 rings (SSSR count). The van der Waals surface area contributed by atoms with Crippen LogP contribution in [-0.2, 0) is 10.0 Å². The van der Waals surface area contributed by atoms with Crippen LogP contribution >= 0.6 is 0 Å². The minimum Gasteiger partial charge on any atom is -0.383 e. The van der Waals surface area contributed by atoms with Gasteiger partial charge >= 0.3 is 0 Å². The molecule has 5 nitrogen and oxygen atoms in total. The van der Waals surface area contributed by atoms with Crippen LogP contribution in [0.25, 0.3) is 5.70 Å². The summed E-state index contributed by atoms with van der Waals surface area (Å²) in [5.74, 6) is -0.399.